The van der Waals surface area contributed by atoms with Crippen LogP contribution in [0.3, 0.4) is 0 Å². The molecule has 0 atom stereocenters. The van der Waals surface area contributed by atoms with Gasteiger partial charge >= 0.3 is 0 Å². The summed E-state index contributed by atoms with van der Waals surface area (Å²) in [4.78, 5) is 23.3. The zero-order valence-corrected chi connectivity index (χ0v) is 23.8. The second-order valence-corrected chi connectivity index (χ2v) is 8.90. The maximum Gasteiger partial charge on any atom is 0.141 e. The quantitative estimate of drug-likeness (QED) is 0.237. The molecule has 0 bridgehead atoms. The number of carbonyl (C=O) groups is 1. The van der Waals surface area contributed by atoms with E-state index in [1.54, 1.807) is 26.7 Å². The van der Waals surface area contributed by atoms with Crippen molar-refractivity contribution < 1.29 is 14.3 Å². The van der Waals surface area contributed by atoms with Gasteiger partial charge in [0.2, 0.25) is 0 Å². The number of benzene rings is 3. The fraction of sp³-hybridized carbons (Fsp3) is 0.290. The van der Waals surface area contributed by atoms with Gasteiger partial charge in [0.25, 0.3) is 0 Å². The molecule has 0 aliphatic carbocycles. The molecule has 1 N–H and O–H groups in total. The van der Waals surface area contributed by atoms with E-state index in [1.807, 2.05) is 68.8 Å². The smallest absolute Gasteiger partial charge is 0.141 e. The van der Waals surface area contributed by atoms with Crippen molar-refractivity contribution in [1.82, 2.24) is 19.5 Å². The van der Waals surface area contributed by atoms with E-state index >= 15 is 0 Å². The Morgan fingerprint density at radius 3 is 2.44 bits per heavy atom. The normalized spacial score (nSPS) is 10.3. The fourth-order valence-corrected chi connectivity index (χ4v) is 3.80. The molecule has 39 heavy (non-hydrogen) atoms. The molecule has 0 unspecified atom stereocenters. The van der Waals surface area contributed by atoms with E-state index in [-0.39, 0.29) is 5.78 Å². The van der Waals surface area contributed by atoms with Gasteiger partial charge in [0.1, 0.15) is 29.4 Å². The summed E-state index contributed by atoms with van der Waals surface area (Å²) in [7, 11) is 3.57. The minimum atomic E-state index is 0.182. The number of nitrogens with one attached hydrogen (secondary N) is 1. The average Bonchev–Trinajstić information content (AvgIpc) is 3.30. The lowest BCUT2D eigenvalue weighted by atomic mass is 10.1. The van der Waals surface area contributed by atoms with E-state index in [0.717, 1.165) is 50.5 Å². The number of hydrogen-bond acceptors (Lipinski definition) is 7. The number of nitrogens with zero attached hydrogens (tertiary/aromatic N) is 4. The molecule has 0 spiro atoms. The zero-order valence-electron chi connectivity index (χ0n) is 23.8. The average molecular weight is 528 g/mol. The number of methoxy groups -OCH3 is 1. The van der Waals surface area contributed by atoms with Crippen LogP contribution in [0.4, 0.5) is 11.5 Å². The summed E-state index contributed by atoms with van der Waals surface area (Å²) in [5, 5.41) is 4.41. The molecule has 5 rings (SSSR count). The molecule has 0 amide bonds. The summed E-state index contributed by atoms with van der Waals surface area (Å²) in [6.07, 6.45) is 3.92. The van der Waals surface area contributed by atoms with Gasteiger partial charge in [0, 0.05) is 37.7 Å². The Balaban J connectivity index is 0.000000409. The van der Waals surface area contributed by atoms with Crippen LogP contribution in [-0.2, 0) is 16.6 Å². The lowest BCUT2D eigenvalue weighted by Gasteiger charge is -2.13. The van der Waals surface area contributed by atoms with Crippen LogP contribution in [0.1, 0.15) is 38.3 Å². The van der Waals surface area contributed by atoms with E-state index in [1.165, 1.54) is 5.56 Å². The molecule has 0 aliphatic heterocycles. The van der Waals surface area contributed by atoms with Gasteiger partial charge in [-0.05, 0) is 68.8 Å². The van der Waals surface area contributed by atoms with Crippen molar-refractivity contribution in [2.45, 2.75) is 41.0 Å². The zero-order chi connectivity index (χ0) is 28.4. The fourth-order valence-electron chi connectivity index (χ4n) is 3.80. The molecule has 0 saturated heterocycles. The lowest BCUT2D eigenvalue weighted by Crippen LogP contribution is -1.97. The number of imidazole rings is 1. The van der Waals surface area contributed by atoms with E-state index in [4.69, 9.17) is 4.74 Å². The third-order valence-electron chi connectivity index (χ3n) is 5.81. The molecule has 0 saturated carbocycles. The third-order valence-corrected chi connectivity index (χ3v) is 5.81. The Labute approximate surface area is 230 Å². The van der Waals surface area contributed by atoms with Crippen molar-refractivity contribution in [2.75, 3.05) is 19.0 Å². The maximum absolute atomic E-state index is 10.1. The van der Waals surface area contributed by atoms with Crippen LogP contribution >= 0.6 is 0 Å². The number of anilines is 2. The van der Waals surface area contributed by atoms with Crippen molar-refractivity contribution in [3.63, 3.8) is 0 Å². The van der Waals surface area contributed by atoms with Gasteiger partial charge in [0.15, 0.2) is 0 Å². The Morgan fingerprint density at radius 1 is 0.949 bits per heavy atom. The summed E-state index contributed by atoms with van der Waals surface area (Å²) in [6, 6.07) is 18.1. The first-order valence-electron chi connectivity index (χ1n) is 13.0. The van der Waals surface area contributed by atoms with Gasteiger partial charge in [-0.15, -0.1) is 0 Å². The highest BCUT2D eigenvalue weighted by atomic mass is 16.5. The molecule has 5 aromatic rings. The third kappa shape index (κ3) is 7.85. The summed E-state index contributed by atoms with van der Waals surface area (Å²) < 4.78 is 12.7. The summed E-state index contributed by atoms with van der Waals surface area (Å²) in [5.41, 5.74) is 6.05. The number of hydrogen-bond donors (Lipinski definition) is 1. The first-order chi connectivity index (χ1) is 18.8. The van der Waals surface area contributed by atoms with Gasteiger partial charge < -0.3 is 19.4 Å². The number of Topliss-reactive ketones (excluding diaryl/α,β-unsaturated/α-hetero) is 1. The molecule has 0 radical (unpaired) electrons. The number of aromatic nitrogens is 4. The van der Waals surface area contributed by atoms with Gasteiger partial charge in [-0.3, -0.25) is 4.79 Å². The van der Waals surface area contributed by atoms with E-state index < -0.39 is 0 Å². The van der Waals surface area contributed by atoms with Crippen LogP contribution < -0.4 is 10.1 Å². The van der Waals surface area contributed by atoms with Crippen LogP contribution in [0, 0.1) is 13.8 Å². The molecule has 3 aromatic carbocycles. The molecule has 2 heterocycles. The first kappa shape index (κ1) is 29.3. The maximum atomic E-state index is 10.1. The Hall–Kier alpha value is -4.30. The standard InChI is InChI=1S/C24H21N5O.C5H10O2.C2H6/c1-15-4-7-20-19(10-15)24(26-13-25-20)28-17-5-9-23(16(2)11-17)30-18-6-8-22-21(12-18)27-14-29(22)3;1-5(6)3-4-7-2;1-2/h4-14H,1-3H3,(H,25,26,28);3-4H2,1-2H3;1-2H3. The van der Waals surface area contributed by atoms with Crippen molar-refractivity contribution in [3.05, 3.63) is 78.4 Å². The number of ether oxygens (including phenoxy) is 2. The monoisotopic (exact) mass is 527 g/mol. The molecule has 0 aliphatic rings. The van der Waals surface area contributed by atoms with Crippen LogP contribution in [0.25, 0.3) is 21.9 Å². The minimum Gasteiger partial charge on any atom is -0.457 e. The van der Waals surface area contributed by atoms with Crippen molar-refractivity contribution >= 4 is 39.2 Å². The summed E-state index contributed by atoms with van der Waals surface area (Å²) in [6.45, 7) is 10.2. The van der Waals surface area contributed by atoms with Crippen LogP contribution in [0.5, 0.6) is 11.5 Å². The van der Waals surface area contributed by atoms with Gasteiger partial charge in [-0.2, -0.15) is 0 Å². The van der Waals surface area contributed by atoms with Crippen LogP contribution in [0.2, 0.25) is 0 Å². The largest absolute Gasteiger partial charge is 0.457 e. The van der Waals surface area contributed by atoms with Crippen LogP contribution in [-0.4, -0.2) is 39.0 Å². The predicted octanol–water partition coefficient (Wildman–Crippen LogP) is 7.31. The summed E-state index contributed by atoms with van der Waals surface area (Å²) in [5.74, 6) is 2.54. The molecular weight excluding hydrogens is 490 g/mol. The molecular formula is C31H37N5O3. The van der Waals surface area contributed by atoms with Crippen molar-refractivity contribution in [1.29, 1.82) is 0 Å². The molecule has 0 fully saturated rings. The van der Waals surface area contributed by atoms with E-state index in [2.05, 4.69) is 50.1 Å². The lowest BCUT2D eigenvalue weighted by molar-refractivity contribution is -0.117. The topological polar surface area (TPSA) is 91.2 Å². The van der Waals surface area contributed by atoms with Gasteiger partial charge in [-0.25, -0.2) is 15.0 Å². The number of rotatable bonds is 7. The SMILES string of the molecule is CC.COCCC(C)=O.Cc1ccc2ncnc(Nc3ccc(Oc4ccc5c(c4)ncn5C)c(C)c3)c2c1. The minimum absolute atomic E-state index is 0.182. The highest BCUT2D eigenvalue weighted by Gasteiger charge is 2.08. The number of aryl methyl sites for hydroxylation is 3. The number of fused-ring (bicyclic) bond motifs is 2. The Morgan fingerprint density at radius 2 is 1.74 bits per heavy atom. The highest BCUT2D eigenvalue weighted by Crippen LogP contribution is 2.31. The molecule has 8 nitrogen and oxygen atoms in total. The van der Waals surface area contributed by atoms with E-state index in [9.17, 15) is 4.79 Å². The van der Waals surface area contributed by atoms with Crippen LogP contribution in [0.15, 0.2) is 67.3 Å². The van der Waals surface area contributed by atoms with Gasteiger partial charge in [-0.1, -0.05) is 25.5 Å². The van der Waals surface area contributed by atoms with Crippen molar-refractivity contribution in [2.24, 2.45) is 7.05 Å². The number of carbonyl (C=O) groups excluding carboxylic acids is 1. The second kappa shape index (κ2) is 14.0. The van der Waals surface area contributed by atoms with Crippen molar-refractivity contribution in [3.8, 4) is 11.5 Å². The second-order valence-electron chi connectivity index (χ2n) is 8.90. The van der Waals surface area contributed by atoms with E-state index in [0.29, 0.717) is 13.0 Å². The molecule has 204 valence electrons. The first-order valence-corrected chi connectivity index (χ1v) is 13.0. The molecule has 2 aromatic heterocycles. The van der Waals surface area contributed by atoms with Gasteiger partial charge in [0.05, 0.1) is 29.5 Å². The Bertz CT molecular complexity index is 1540. The molecule has 8 heteroatoms. The highest BCUT2D eigenvalue weighted by molar-refractivity contribution is 5.91. The Kier molecular flexibility index (Phi) is 10.5. The predicted molar refractivity (Wildman–Crippen MR) is 158 cm³/mol. The summed E-state index contributed by atoms with van der Waals surface area (Å²) >= 11 is 0. The number of ketones is 1.